The Morgan fingerprint density at radius 1 is 1.37 bits per heavy atom. The van der Waals surface area contributed by atoms with Crippen LogP contribution in [0.5, 0.6) is 0 Å². The third kappa shape index (κ3) is 2.29. The normalized spacial score (nSPS) is 10.8. The number of aromatic amines is 1. The van der Waals surface area contributed by atoms with Crippen molar-refractivity contribution < 1.29 is 4.39 Å². The fraction of sp³-hybridized carbons (Fsp3) is 0. The lowest BCUT2D eigenvalue weighted by Crippen LogP contribution is -1.98. The van der Waals surface area contributed by atoms with Gasteiger partial charge in [-0.15, -0.1) is 11.3 Å². The predicted molar refractivity (Wildman–Crippen MR) is 79.7 cm³/mol. The van der Waals surface area contributed by atoms with Crippen molar-refractivity contribution >= 4 is 39.5 Å². The van der Waals surface area contributed by atoms with Crippen LogP contribution in [0, 0.1) is 10.6 Å². The molecule has 0 aliphatic rings. The molecule has 0 bridgehead atoms. The molecule has 0 unspecified atom stereocenters. The van der Waals surface area contributed by atoms with Crippen LogP contribution >= 0.6 is 39.5 Å². The first kappa shape index (κ1) is 12.7. The molecule has 0 saturated carbocycles. The molecule has 3 aromatic rings. The topological polar surface area (TPSA) is 33.6 Å². The Labute approximate surface area is 125 Å². The molecule has 0 spiro atoms. The zero-order valence-electron chi connectivity index (χ0n) is 9.43. The maximum Gasteiger partial charge on any atom is 0.200 e. The van der Waals surface area contributed by atoms with Gasteiger partial charge in [-0.2, -0.15) is 5.10 Å². The average Bonchev–Trinajstić information content (AvgIpc) is 2.99. The van der Waals surface area contributed by atoms with Gasteiger partial charge in [0.1, 0.15) is 5.82 Å². The number of nitrogens with zero attached hydrogens (tertiary/aromatic N) is 2. The van der Waals surface area contributed by atoms with Crippen LogP contribution in [-0.2, 0) is 0 Å². The van der Waals surface area contributed by atoms with Crippen LogP contribution in [0.1, 0.15) is 0 Å². The van der Waals surface area contributed by atoms with Gasteiger partial charge in [0.15, 0.2) is 10.6 Å². The second kappa shape index (κ2) is 4.99. The Balaban J connectivity index is 2.26. The van der Waals surface area contributed by atoms with Crippen LogP contribution < -0.4 is 0 Å². The summed E-state index contributed by atoms with van der Waals surface area (Å²) in [4.78, 5) is 0.989. The zero-order valence-corrected chi connectivity index (χ0v) is 12.6. The Kier molecular flexibility index (Phi) is 3.34. The Hall–Kier alpha value is -1.31. The molecule has 0 radical (unpaired) electrons. The van der Waals surface area contributed by atoms with Crippen molar-refractivity contribution in [1.82, 2.24) is 14.8 Å². The van der Waals surface area contributed by atoms with E-state index in [1.54, 1.807) is 22.0 Å². The minimum absolute atomic E-state index is 0.302. The van der Waals surface area contributed by atoms with Crippen LogP contribution in [0.4, 0.5) is 4.39 Å². The molecule has 0 atom stereocenters. The van der Waals surface area contributed by atoms with E-state index in [9.17, 15) is 4.39 Å². The third-order valence-electron chi connectivity index (χ3n) is 2.56. The second-order valence-electron chi connectivity index (χ2n) is 3.76. The second-order valence-corrected chi connectivity index (χ2v) is 5.95. The van der Waals surface area contributed by atoms with E-state index in [-0.39, 0.29) is 5.82 Å². The maximum absolute atomic E-state index is 13.2. The Morgan fingerprint density at radius 3 is 2.89 bits per heavy atom. The molecular formula is C12H7BrFN3S2. The number of hydrogen-bond acceptors (Lipinski definition) is 3. The molecule has 1 N–H and O–H groups in total. The lowest BCUT2D eigenvalue weighted by atomic mass is 10.3. The molecule has 3 nitrogen and oxygen atoms in total. The highest BCUT2D eigenvalue weighted by Gasteiger charge is 2.14. The SMILES string of the molecule is Fc1ccc(-n2c(-c3cccs3)n[nH]c2=S)c(Br)c1. The smallest absolute Gasteiger partial charge is 0.200 e. The summed E-state index contributed by atoms with van der Waals surface area (Å²) in [7, 11) is 0. The molecule has 0 fully saturated rings. The van der Waals surface area contributed by atoms with Crippen molar-refractivity contribution in [2.45, 2.75) is 0 Å². The molecule has 3 rings (SSSR count). The lowest BCUT2D eigenvalue weighted by molar-refractivity contribution is 0.626. The van der Waals surface area contributed by atoms with Gasteiger partial charge in [-0.05, 0) is 57.8 Å². The molecule has 19 heavy (non-hydrogen) atoms. The zero-order chi connectivity index (χ0) is 13.4. The highest BCUT2D eigenvalue weighted by molar-refractivity contribution is 9.10. The molecule has 1 aromatic carbocycles. The first-order valence-corrected chi connectivity index (χ1v) is 7.41. The molecule has 0 aliphatic carbocycles. The fourth-order valence-corrected chi connectivity index (χ4v) is 3.22. The van der Waals surface area contributed by atoms with E-state index >= 15 is 0 Å². The number of H-pyrrole nitrogens is 1. The van der Waals surface area contributed by atoms with Crippen LogP contribution in [0.15, 0.2) is 40.2 Å². The average molecular weight is 356 g/mol. The molecule has 2 aromatic heterocycles. The summed E-state index contributed by atoms with van der Waals surface area (Å²) >= 11 is 10.2. The molecule has 7 heteroatoms. The van der Waals surface area contributed by atoms with Crippen LogP contribution in [0.3, 0.4) is 0 Å². The van der Waals surface area contributed by atoms with Gasteiger partial charge in [0.25, 0.3) is 0 Å². The summed E-state index contributed by atoms with van der Waals surface area (Å²) in [6.07, 6.45) is 0. The van der Waals surface area contributed by atoms with Gasteiger partial charge in [-0.3, -0.25) is 9.67 Å². The summed E-state index contributed by atoms with van der Waals surface area (Å²) in [5.41, 5.74) is 0.753. The molecule has 0 saturated heterocycles. The molecule has 96 valence electrons. The molecule has 0 amide bonds. The first-order chi connectivity index (χ1) is 9.16. The van der Waals surface area contributed by atoms with E-state index in [4.69, 9.17) is 12.2 Å². The Morgan fingerprint density at radius 2 is 2.21 bits per heavy atom. The van der Waals surface area contributed by atoms with Gasteiger partial charge in [0.2, 0.25) is 0 Å². The van der Waals surface area contributed by atoms with Crippen molar-refractivity contribution in [2.75, 3.05) is 0 Å². The number of hydrogen-bond donors (Lipinski definition) is 1. The van der Waals surface area contributed by atoms with E-state index in [2.05, 4.69) is 26.1 Å². The van der Waals surface area contributed by atoms with Gasteiger partial charge in [0, 0.05) is 4.47 Å². The molecule has 2 heterocycles. The van der Waals surface area contributed by atoms with E-state index < -0.39 is 0 Å². The van der Waals surface area contributed by atoms with E-state index in [0.29, 0.717) is 15.1 Å². The summed E-state index contributed by atoms with van der Waals surface area (Å²) in [6.45, 7) is 0. The number of aromatic nitrogens is 3. The summed E-state index contributed by atoms with van der Waals surface area (Å²) in [5.74, 6) is 0.413. The highest BCUT2D eigenvalue weighted by Crippen LogP contribution is 2.29. The van der Waals surface area contributed by atoms with Gasteiger partial charge in [-0.25, -0.2) is 4.39 Å². The third-order valence-corrected chi connectivity index (χ3v) is 4.34. The van der Waals surface area contributed by atoms with Crippen LogP contribution in [0.25, 0.3) is 16.4 Å². The van der Waals surface area contributed by atoms with Crippen molar-refractivity contribution in [2.24, 2.45) is 0 Å². The van der Waals surface area contributed by atoms with Crippen molar-refractivity contribution in [1.29, 1.82) is 0 Å². The van der Waals surface area contributed by atoms with Gasteiger partial charge < -0.3 is 0 Å². The van der Waals surface area contributed by atoms with Crippen LogP contribution in [0.2, 0.25) is 0 Å². The van der Waals surface area contributed by atoms with Gasteiger partial charge in [0.05, 0.1) is 10.6 Å². The summed E-state index contributed by atoms with van der Waals surface area (Å²) in [6, 6.07) is 8.38. The van der Waals surface area contributed by atoms with E-state index in [1.807, 2.05) is 17.5 Å². The maximum atomic E-state index is 13.2. The number of thiophene rings is 1. The summed E-state index contributed by atoms with van der Waals surface area (Å²) in [5, 5.41) is 8.98. The monoisotopic (exact) mass is 355 g/mol. The van der Waals surface area contributed by atoms with Gasteiger partial charge >= 0.3 is 0 Å². The number of halogens is 2. The minimum Gasteiger partial charge on any atom is -0.266 e. The van der Waals surface area contributed by atoms with E-state index in [0.717, 1.165) is 10.6 Å². The molecule has 0 aliphatic heterocycles. The van der Waals surface area contributed by atoms with Crippen molar-refractivity contribution in [3.8, 4) is 16.4 Å². The number of benzene rings is 1. The van der Waals surface area contributed by atoms with E-state index in [1.165, 1.54) is 12.1 Å². The van der Waals surface area contributed by atoms with Crippen molar-refractivity contribution in [3.05, 3.63) is 50.8 Å². The largest absolute Gasteiger partial charge is 0.266 e. The predicted octanol–water partition coefficient (Wildman–Crippen LogP) is 4.56. The van der Waals surface area contributed by atoms with Gasteiger partial charge in [-0.1, -0.05) is 6.07 Å². The lowest BCUT2D eigenvalue weighted by Gasteiger charge is -2.07. The fourth-order valence-electron chi connectivity index (χ4n) is 1.75. The van der Waals surface area contributed by atoms with Crippen molar-refractivity contribution in [3.63, 3.8) is 0 Å². The first-order valence-electron chi connectivity index (χ1n) is 5.33. The Bertz CT molecular complexity index is 777. The quantitative estimate of drug-likeness (QED) is 0.683. The molecular weight excluding hydrogens is 349 g/mol. The van der Waals surface area contributed by atoms with Crippen LogP contribution in [-0.4, -0.2) is 14.8 Å². The minimum atomic E-state index is -0.302. The number of nitrogens with one attached hydrogen (secondary N) is 1. The summed E-state index contributed by atoms with van der Waals surface area (Å²) < 4.78 is 16.1. The number of rotatable bonds is 2. The highest BCUT2D eigenvalue weighted by atomic mass is 79.9. The standard InChI is InChI=1S/C12H7BrFN3S2/c13-8-6-7(14)3-4-9(8)17-11(15-16-12(17)18)10-2-1-5-19-10/h1-6H,(H,16,18).